The molecule has 0 fully saturated rings. The molecule has 0 saturated carbocycles. The van der Waals surface area contributed by atoms with Crippen LogP contribution >= 0.6 is 0 Å². The Balaban J connectivity index is 4.29. The maximum absolute atomic E-state index is 12.9. The minimum atomic E-state index is -0.775. The highest BCUT2D eigenvalue weighted by Crippen LogP contribution is 2.16. The topological polar surface area (TPSA) is 78.9 Å². The van der Waals surface area contributed by atoms with Crippen LogP contribution < -0.4 is 0 Å². The molecule has 1 atom stereocenters. The first kappa shape index (κ1) is 64.6. The third-order valence-electron chi connectivity index (χ3n) is 13.1. The van der Waals surface area contributed by atoms with E-state index in [1.165, 1.54) is 212 Å². The quantitative estimate of drug-likeness (QED) is 0.0262. The molecule has 0 rings (SSSR count). The molecule has 0 unspecified atom stereocenters. The van der Waals surface area contributed by atoms with E-state index in [0.29, 0.717) is 19.3 Å². The van der Waals surface area contributed by atoms with Gasteiger partial charge in [-0.3, -0.25) is 14.4 Å². The molecule has 0 aromatic carbocycles. The molecule has 0 spiro atoms. The number of hydrogen-bond acceptors (Lipinski definition) is 6. The van der Waals surface area contributed by atoms with Crippen LogP contribution in [0.2, 0.25) is 0 Å². The van der Waals surface area contributed by atoms with Crippen molar-refractivity contribution in [2.24, 2.45) is 0 Å². The monoisotopic (exact) mass is 941 g/mol. The maximum Gasteiger partial charge on any atom is 0.306 e. The van der Waals surface area contributed by atoms with E-state index in [-0.39, 0.29) is 31.1 Å². The molecule has 0 aliphatic carbocycles. The van der Waals surface area contributed by atoms with Gasteiger partial charge in [0.2, 0.25) is 0 Å². The fourth-order valence-electron chi connectivity index (χ4n) is 8.59. The van der Waals surface area contributed by atoms with Gasteiger partial charge in [-0.25, -0.2) is 0 Å². The predicted octanol–water partition coefficient (Wildman–Crippen LogP) is 19.7. The van der Waals surface area contributed by atoms with E-state index >= 15 is 0 Å². The molecule has 0 heterocycles. The molecule has 67 heavy (non-hydrogen) atoms. The third kappa shape index (κ3) is 54.4. The SMILES string of the molecule is CCCC/C=C\CCCCCCCC(=O)OC[C@@H](COC(=O)CCCCCCCCCCC/C=C\CCCCCCCC)OC(=O)CCCCCCCCCCC/C=C\CCCCCCCC. The molecule has 0 radical (unpaired) electrons. The standard InChI is InChI=1S/C61H112O6/c1-4-7-10-13-16-19-22-24-26-28-30-32-34-36-39-42-45-48-51-54-60(63)66-57-58(56-65-59(62)53-50-47-44-41-38-21-18-15-12-9-6-3)67-61(64)55-52-49-46-43-40-37-35-33-31-29-27-25-23-20-17-14-11-8-5-2/h15,18,24-27,58H,4-14,16-17,19-23,28-57H2,1-3H3/b18-15-,26-24-,27-25-/t58-/m0/s1. The lowest BCUT2D eigenvalue weighted by Gasteiger charge is -2.18. The molecular weight excluding hydrogens is 829 g/mol. The number of esters is 3. The van der Waals surface area contributed by atoms with Crippen molar-refractivity contribution in [3.05, 3.63) is 36.5 Å². The van der Waals surface area contributed by atoms with Crippen LogP contribution in [0.4, 0.5) is 0 Å². The molecule has 0 aliphatic heterocycles. The van der Waals surface area contributed by atoms with E-state index in [2.05, 4.69) is 57.2 Å². The van der Waals surface area contributed by atoms with Crippen molar-refractivity contribution in [1.82, 2.24) is 0 Å². The van der Waals surface area contributed by atoms with Gasteiger partial charge >= 0.3 is 17.9 Å². The summed E-state index contributed by atoms with van der Waals surface area (Å²) < 4.78 is 16.9. The van der Waals surface area contributed by atoms with Crippen LogP contribution in [0.25, 0.3) is 0 Å². The smallest absolute Gasteiger partial charge is 0.306 e. The first-order chi connectivity index (χ1) is 33.0. The number of unbranched alkanes of at least 4 members (excludes halogenated alkanes) is 37. The Labute approximate surface area is 416 Å². The van der Waals surface area contributed by atoms with Crippen molar-refractivity contribution in [3.8, 4) is 0 Å². The molecule has 392 valence electrons. The largest absolute Gasteiger partial charge is 0.462 e. The van der Waals surface area contributed by atoms with E-state index in [0.717, 1.165) is 64.2 Å². The van der Waals surface area contributed by atoms with E-state index in [1.54, 1.807) is 0 Å². The number of ether oxygens (including phenoxy) is 3. The molecule has 0 saturated heterocycles. The van der Waals surface area contributed by atoms with Gasteiger partial charge < -0.3 is 14.2 Å². The zero-order valence-corrected chi connectivity index (χ0v) is 44.9. The summed E-state index contributed by atoms with van der Waals surface area (Å²) in [5.74, 6) is -0.873. The van der Waals surface area contributed by atoms with Crippen molar-refractivity contribution in [3.63, 3.8) is 0 Å². The van der Waals surface area contributed by atoms with E-state index in [4.69, 9.17) is 14.2 Å². The van der Waals surface area contributed by atoms with Crippen molar-refractivity contribution in [2.45, 2.75) is 322 Å². The Bertz CT molecular complexity index is 1130. The van der Waals surface area contributed by atoms with Gasteiger partial charge in [-0.05, 0) is 89.9 Å². The second kappa shape index (κ2) is 56.2. The summed E-state index contributed by atoms with van der Waals surface area (Å²) >= 11 is 0. The van der Waals surface area contributed by atoms with Gasteiger partial charge in [-0.15, -0.1) is 0 Å². The second-order valence-electron chi connectivity index (χ2n) is 19.9. The Morgan fingerprint density at radius 2 is 0.507 bits per heavy atom. The summed E-state index contributed by atoms with van der Waals surface area (Å²) in [7, 11) is 0. The van der Waals surface area contributed by atoms with Gasteiger partial charge in [0.15, 0.2) is 6.10 Å². The summed E-state index contributed by atoms with van der Waals surface area (Å²) in [5.41, 5.74) is 0. The van der Waals surface area contributed by atoms with E-state index in [9.17, 15) is 14.4 Å². The normalized spacial score (nSPS) is 12.2. The van der Waals surface area contributed by atoms with Crippen LogP contribution in [-0.4, -0.2) is 37.2 Å². The summed E-state index contributed by atoms with van der Waals surface area (Å²) in [6, 6.07) is 0. The number of hydrogen-bond donors (Lipinski definition) is 0. The van der Waals surface area contributed by atoms with Crippen molar-refractivity contribution >= 4 is 17.9 Å². The second-order valence-corrected chi connectivity index (χ2v) is 19.9. The number of rotatable bonds is 54. The van der Waals surface area contributed by atoms with Gasteiger partial charge in [0.25, 0.3) is 0 Å². The Morgan fingerprint density at radius 1 is 0.284 bits per heavy atom. The van der Waals surface area contributed by atoms with Gasteiger partial charge in [0.1, 0.15) is 13.2 Å². The highest BCUT2D eigenvalue weighted by atomic mass is 16.6. The maximum atomic E-state index is 12.9. The minimum absolute atomic E-state index is 0.0743. The highest BCUT2D eigenvalue weighted by Gasteiger charge is 2.19. The lowest BCUT2D eigenvalue weighted by molar-refractivity contribution is -0.167. The number of allylic oxidation sites excluding steroid dienone is 6. The average molecular weight is 942 g/mol. The van der Waals surface area contributed by atoms with Crippen molar-refractivity contribution in [1.29, 1.82) is 0 Å². The average Bonchev–Trinajstić information content (AvgIpc) is 3.33. The number of carbonyl (C=O) groups is 3. The summed E-state index contributed by atoms with van der Waals surface area (Å²) in [6.45, 7) is 6.62. The van der Waals surface area contributed by atoms with Crippen molar-refractivity contribution in [2.75, 3.05) is 13.2 Å². The fourth-order valence-corrected chi connectivity index (χ4v) is 8.59. The van der Waals surface area contributed by atoms with E-state index in [1.807, 2.05) is 0 Å². The van der Waals surface area contributed by atoms with Gasteiger partial charge in [-0.2, -0.15) is 0 Å². The molecule has 6 heteroatoms. The summed E-state index contributed by atoms with van der Waals surface area (Å²) in [4.78, 5) is 38.1. The lowest BCUT2D eigenvalue weighted by Crippen LogP contribution is -2.30. The zero-order valence-electron chi connectivity index (χ0n) is 44.9. The zero-order chi connectivity index (χ0) is 48.6. The molecule has 0 N–H and O–H groups in total. The van der Waals surface area contributed by atoms with Gasteiger partial charge in [-0.1, -0.05) is 243 Å². The van der Waals surface area contributed by atoms with Crippen LogP contribution in [-0.2, 0) is 28.6 Å². The first-order valence-electron chi connectivity index (χ1n) is 29.5. The molecule has 0 bridgehead atoms. The highest BCUT2D eigenvalue weighted by molar-refractivity contribution is 5.71. The molecule has 0 aromatic rings. The lowest BCUT2D eigenvalue weighted by atomic mass is 10.1. The minimum Gasteiger partial charge on any atom is -0.462 e. The number of carbonyl (C=O) groups excluding carboxylic acids is 3. The molecule has 0 aromatic heterocycles. The Kier molecular flexibility index (Phi) is 54.2. The van der Waals surface area contributed by atoms with Gasteiger partial charge in [0.05, 0.1) is 0 Å². The molecule has 0 amide bonds. The van der Waals surface area contributed by atoms with Gasteiger partial charge in [0, 0.05) is 19.3 Å². The predicted molar refractivity (Wildman–Crippen MR) is 289 cm³/mol. The van der Waals surface area contributed by atoms with Crippen LogP contribution in [0, 0.1) is 0 Å². The molecular formula is C61H112O6. The third-order valence-corrected chi connectivity index (χ3v) is 13.1. The molecule has 0 aliphatic rings. The Morgan fingerprint density at radius 3 is 0.791 bits per heavy atom. The summed E-state index contributed by atoms with van der Waals surface area (Å²) in [5, 5.41) is 0. The van der Waals surface area contributed by atoms with Crippen LogP contribution in [0.1, 0.15) is 316 Å². The van der Waals surface area contributed by atoms with Crippen LogP contribution in [0.3, 0.4) is 0 Å². The van der Waals surface area contributed by atoms with Crippen LogP contribution in [0.5, 0.6) is 0 Å². The summed E-state index contributed by atoms with van der Waals surface area (Å²) in [6.07, 6.45) is 67.1. The fraction of sp³-hybridized carbons (Fsp3) is 0.852. The molecule has 6 nitrogen and oxygen atoms in total. The van der Waals surface area contributed by atoms with E-state index < -0.39 is 6.10 Å². The Hall–Kier alpha value is -2.37. The first-order valence-corrected chi connectivity index (χ1v) is 29.5. The van der Waals surface area contributed by atoms with Crippen molar-refractivity contribution < 1.29 is 28.6 Å². The van der Waals surface area contributed by atoms with Crippen LogP contribution in [0.15, 0.2) is 36.5 Å².